The summed E-state index contributed by atoms with van der Waals surface area (Å²) in [6, 6.07) is 12.5. The van der Waals surface area contributed by atoms with Gasteiger partial charge in [0.15, 0.2) is 0 Å². The minimum Gasteiger partial charge on any atom is -0.483 e. The predicted octanol–water partition coefficient (Wildman–Crippen LogP) is 4.33. The molecule has 4 heteroatoms. The molecule has 3 nitrogen and oxygen atoms in total. The molecular formula is C17H16N2OS. The molecule has 0 amide bonds. The smallest absolute Gasteiger partial charge is 0.145 e. The van der Waals surface area contributed by atoms with Crippen molar-refractivity contribution >= 4 is 27.2 Å². The molecule has 0 saturated carbocycles. The number of hydrogen-bond acceptors (Lipinski definition) is 4. The maximum absolute atomic E-state index is 6.23. The minimum atomic E-state index is 0.0911. The Hall–Kier alpha value is -2.07. The molecular weight excluding hydrogens is 280 g/mol. The Morgan fingerprint density at radius 3 is 3.05 bits per heavy atom. The lowest BCUT2D eigenvalue weighted by molar-refractivity contribution is 0.185. The van der Waals surface area contributed by atoms with Crippen molar-refractivity contribution in [2.45, 2.75) is 25.4 Å². The number of aromatic nitrogens is 1. The molecule has 2 aromatic carbocycles. The van der Waals surface area contributed by atoms with Crippen LogP contribution in [-0.4, -0.2) is 4.98 Å². The highest BCUT2D eigenvalue weighted by Crippen LogP contribution is 2.38. The zero-order valence-corrected chi connectivity index (χ0v) is 12.4. The van der Waals surface area contributed by atoms with Gasteiger partial charge >= 0.3 is 0 Å². The molecule has 1 unspecified atom stereocenters. The first-order valence-corrected chi connectivity index (χ1v) is 8.07. The van der Waals surface area contributed by atoms with Gasteiger partial charge in [-0.3, -0.25) is 0 Å². The number of nitrogens with zero attached hydrogens (tertiary/aromatic N) is 1. The molecule has 2 N–H and O–H groups in total. The zero-order valence-electron chi connectivity index (χ0n) is 11.6. The fourth-order valence-corrected chi connectivity index (χ4v) is 3.71. The molecule has 1 aliphatic carbocycles. The summed E-state index contributed by atoms with van der Waals surface area (Å²) in [5, 5.41) is 0. The van der Waals surface area contributed by atoms with E-state index in [1.54, 1.807) is 11.3 Å². The Morgan fingerprint density at radius 1 is 1.19 bits per heavy atom. The SMILES string of the molecule is Nc1c(OC2CCCc3ccccc32)ccc2scnc12. The van der Waals surface area contributed by atoms with Crippen molar-refractivity contribution < 1.29 is 4.74 Å². The minimum absolute atomic E-state index is 0.0911. The molecule has 1 atom stereocenters. The summed E-state index contributed by atoms with van der Waals surface area (Å²) >= 11 is 1.60. The van der Waals surface area contributed by atoms with E-state index in [9.17, 15) is 0 Å². The number of nitrogens with two attached hydrogens (primary N) is 1. The monoisotopic (exact) mass is 296 g/mol. The molecule has 21 heavy (non-hydrogen) atoms. The van der Waals surface area contributed by atoms with E-state index in [0.717, 1.165) is 35.2 Å². The number of aryl methyl sites for hydroxylation is 1. The van der Waals surface area contributed by atoms with Crippen molar-refractivity contribution in [1.82, 2.24) is 4.98 Å². The number of nitrogen functional groups attached to an aromatic ring is 1. The highest BCUT2D eigenvalue weighted by atomic mass is 32.1. The molecule has 0 spiro atoms. The number of thiazole rings is 1. The molecule has 1 aromatic heterocycles. The average molecular weight is 296 g/mol. The Bertz CT molecular complexity index is 796. The third-order valence-electron chi connectivity index (χ3n) is 4.09. The van der Waals surface area contributed by atoms with E-state index in [0.29, 0.717) is 5.69 Å². The van der Waals surface area contributed by atoms with Gasteiger partial charge in [-0.05, 0) is 42.5 Å². The third-order valence-corrected chi connectivity index (χ3v) is 4.88. The topological polar surface area (TPSA) is 48.1 Å². The summed E-state index contributed by atoms with van der Waals surface area (Å²) in [4.78, 5) is 4.33. The Labute approximate surface area is 127 Å². The summed E-state index contributed by atoms with van der Waals surface area (Å²) < 4.78 is 7.33. The highest BCUT2D eigenvalue weighted by Gasteiger charge is 2.22. The van der Waals surface area contributed by atoms with Crippen LogP contribution in [0.2, 0.25) is 0 Å². The van der Waals surface area contributed by atoms with Crippen LogP contribution in [0.15, 0.2) is 41.9 Å². The summed E-state index contributed by atoms with van der Waals surface area (Å²) in [6.45, 7) is 0. The first-order valence-electron chi connectivity index (χ1n) is 7.19. The Balaban J connectivity index is 1.71. The van der Waals surface area contributed by atoms with Crippen LogP contribution in [0, 0.1) is 0 Å². The number of anilines is 1. The van der Waals surface area contributed by atoms with E-state index in [2.05, 4.69) is 29.2 Å². The van der Waals surface area contributed by atoms with Crippen LogP contribution in [0.4, 0.5) is 5.69 Å². The largest absolute Gasteiger partial charge is 0.483 e. The second-order valence-corrected chi connectivity index (χ2v) is 6.26. The second-order valence-electron chi connectivity index (χ2n) is 5.37. The van der Waals surface area contributed by atoms with Gasteiger partial charge in [-0.2, -0.15) is 0 Å². The highest BCUT2D eigenvalue weighted by molar-refractivity contribution is 7.16. The number of hydrogen-bond donors (Lipinski definition) is 1. The van der Waals surface area contributed by atoms with Crippen molar-refractivity contribution in [2.24, 2.45) is 0 Å². The molecule has 3 aromatic rings. The first-order chi connectivity index (χ1) is 10.3. The molecule has 106 valence electrons. The molecule has 1 aliphatic rings. The number of rotatable bonds is 2. The van der Waals surface area contributed by atoms with E-state index < -0.39 is 0 Å². The van der Waals surface area contributed by atoms with Crippen LogP contribution in [0.1, 0.15) is 30.1 Å². The molecule has 0 fully saturated rings. The number of benzene rings is 2. The fourth-order valence-electron chi connectivity index (χ4n) is 3.02. The van der Waals surface area contributed by atoms with E-state index in [4.69, 9.17) is 10.5 Å². The lowest BCUT2D eigenvalue weighted by atomic mass is 9.89. The van der Waals surface area contributed by atoms with Crippen LogP contribution >= 0.6 is 11.3 Å². The number of fused-ring (bicyclic) bond motifs is 2. The van der Waals surface area contributed by atoms with Crippen molar-refractivity contribution in [1.29, 1.82) is 0 Å². The van der Waals surface area contributed by atoms with Crippen LogP contribution in [-0.2, 0) is 6.42 Å². The molecule has 0 bridgehead atoms. The van der Waals surface area contributed by atoms with Crippen molar-refractivity contribution in [3.8, 4) is 5.75 Å². The Kier molecular flexibility index (Phi) is 3.04. The number of ether oxygens (including phenoxy) is 1. The zero-order chi connectivity index (χ0) is 14.2. The molecule has 0 aliphatic heterocycles. The quantitative estimate of drug-likeness (QED) is 0.716. The average Bonchev–Trinajstić information content (AvgIpc) is 3.00. The molecule has 0 saturated heterocycles. The molecule has 4 rings (SSSR count). The summed E-state index contributed by atoms with van der Waals surface area (Å²) in [6.07, 6.45) is 3.41. The van der Waals surface area contributed by atoms with Crippen LogP contribution in [0.5, 0.6) is 5.75 Å². The maximum atomic E-state index is 6.23. The van der Waals surface area contributed by atoms with Gasteiger partial charge in [0.05, 0.1) is 10.2 Å². The van der Waals surface area contributed by atoms with E-state index in [-0.39, 0.29) is 6.10 Å². The second kappa shape index (κ2) is 5.04. The summed E-state index contributed by atoms with van der Waals surface area (Å²) in [7, 11) is 0. The van der Waals surface area contributed by atoms with Crippen LogP contribution in [0.3, 0.4) is 0 Å². The molecule has 1 heterocycles. The normalized spacial score (nSPS) is 17.6. The Morgan fingerprint density at radius 2 is 2.10 bits per heavy atom. The fraction of sp³-hybridized carbons (Fsp3) is 0.235. The lowest BCUT2D eigenvalue weighted by Crippen LogP contribution is -2.15. The van der Waals surface area contributed by atoms with E-state index >= 15 is 0 Å². The van der Waals surface area contributed by atoms with Crippen molar-refractivity contribution in [3.05, 3.63) is 53.0 Å². The standard InChI is InChI=1S/C17H16N2OS/c18-16-14(8-9-15-17(16)19-10-21-15)20-13-7-3-5-11-4-1-2-6-12(11)13/h1-2,4,6,8-10,13H,3,5,7,18H2. The molecule has 0 radical (unpaired) electrons. The van der Waals surface area contributed by atoms with Gasteiger partial charge in [0.1, 0.15) is 23.1 Å². The summed E-state index contributed by atoms with van der Waals surface area (Å²) in [5.74, 6) is 0.745. The first kappa shape index (κ1) is 12.7. The van der Waals surface area contributed by atoms with Crippen molar-refractivity contribution in [2.75, 3.05) is 5.73 Å². The van der Waals surface area contributed by atoms with E-state index in [1.807, 2.05) is 17.6 Å². The van der Waals surface area contributed by atoms with Gasteiger partial charge in [-0.1, -0.05) is 24.3 Å². The van der Waals surface area contributed by atoms with Gasteiger partial charge in [0.25, 0.3) is 0 Å². The van der Waals surface area contributed by atoms with Gasteiger partial charge in [0, 0.05) is 0 Å². The summed E-state index contributed by atoms with van der Waals surface area (Å²) in [5.41, 5.74) is 12.2. The third kappa shape index (κ3) is 2.16. The maximum Gasteiger partial charge on any atom is 0.145 e. The van der Waals surface area contributed by atoms with E-state index in [1.165, 1.54) is 11.1 Å². The van der Waals surface area contributed by atoms with Gasteiger partial charge in [-0.15, -0.1) is 11.3 Å². The van der Waals surface area contributed by atoms with Gasteiger partial charge in [-0.25, -0.2) is 4.98 Å². The van der Waals surface area contributed by atoms with Crippen LogP contribution in [0.25, 0.3) is 10.2 Å². The van der Waals surface area contributed by atoms with Gasteiger partial charge in [0.2, 0.25) is 0 Å². The predicted molar refractivity (Wildman–Crippen MR) is 86.8 cm³/mol. The van der Waals surface area contributed by atoms with Gasteiger partial charge < -0.3 is 10.5 Å². The van der Waals surface area contributed by atoms with Crippen molar-refractivity contribution in [3.63, 3.8) is 0 Å². The lowest BCUT2D eigenvalue weighted by Gasteiger charge is -2.26. The van der Waals surface area contributed by atoms with Crippen LogP contribution < -0.4 is 10.5 Å².